The van der Waals surface area contributed by atoms with Gasteiger partial charge in [-0.25, -0.2) is 0 Å². The number of amides is 1. The van der Waals surface area contributed by atoms with Crippen LogP contribution < -0.4 is 5.32 Å². The fraction of sp³-hybridized carbons (Fsp3) is 0.238. The second-order valence-electron chi connectivity index (χ2n) is 6.60. The fourth-order valence-corrected chi connectivity index (χ4v) is 6.35. The number of thiol groups is 1. The van der Waals surface area contributed by atoms with Gasteiger partial charge < -0.3 is 5.32 Å². The summed E-state index contributed by atoms with van der Waals surface area (Å²) in [4.78, 5) is 25.2. The molecule has 132 valence electrons. The highest BCUT2D eigenvalue weighted by Crippen LogP contribution is 2.59. The Bertz CT molecular complexity index is 853. The second kappa shape index (κ2) is 6.97. The molecule has 1 amide bonds. The van der Waals surface area contributed by atoms with E-state index in [0.717, 1.165) is 17.4 Å². The van der Waals surface area contributed by atoms with E-state index in [-0.39, 0.29) is 22.4 Å². The summed E-state index contributed by atoms with van der Waals surface area (Å²) in [5, 5.41) is 2.97. The van der Waals surface area contributed by atoms with Crippen LogP contribution in [0.3, 0.4) is 0 Å². The Kier molecular flexibility index (Phi) is 4.67. The highest BCUT2D eigenvalue weighted by atomic mass is 32.2. The maximum absolute atomic E-state index is 13.3. The Morgan fingerprint density at radius 1 is 1.04 bits per heavy atom. The summed E-state index contributed by atoms with van der Waals surface area (Å²) in [6, 6.07) is 19.9. The maximum Gasteiger partial charge on any atom is 0.239 e. The third kappa shape index (κ3) is 2.70. The van der Waals surface area contributed by atoms with Crippen LogP contribution in [0.25, 0.3) is 0 Å². The zero-order valence-electron chi connectivity index (χ0n) is 14.0. The van der Waals surface area contributed by atoms with Gasteiger partial charge in [0.1, 0.15) is 15.7 Å². The van der Waals surface area contributed by atoms with Crippen LogP contribution in [0.15, 0.2) is 72.3 Å². The number of carbonyl (C=O) groups excluding carboxylic acids is 2. The molecule has 0 saturated carbocycles. The van der Waals surface area contributed by atoms with Crippen LogP contribution in [0.4, 0.5) is 0 Å². The molecule has 0 bridgehead atoms. The number of carbonyl (C=O) groups is 2. The molecule has 1 spiro atoms. The molecular formula is C21H19NO2S2. The van der Waals surface area contributed by atoms with Crippen molar-refractivity contribution in [3.63, 3.8) is 0 Å². The van der Waals surface area contributed by atoms with Gasteiger partial charge in [0.25, 0.3) is 0 Å². The highest BCUT2D eigenvalue weighted by Gasteiger charge is 2.59. The largest absolute Gasteiger partial charge is 0.334 e. The predicted octanol–water partition coefficient (Wildman–Crippen LogP) is 3.90. The van der Waals surface area contributed by atoms with E-state index >= 15 is 0 Å². The lowest BCUT2D eigenvalue weighted by atomic mass is 9.66. The van der Waals surface area contributed by atoms with Crippen LogP contribution >= 0.6 is 24.4 Å². The molecule has 2 aromatic rings. The van der Waals surface area contributed by atoms with E-state index in [2.05, 4.69) is 30.1 Å². The van der Waals surface area contributed by atoms with Crippen LogP contribution in [-0.4, -0.2) is 21.6 Å². The SMILES string of the molecule is O=CC1=CC[C@@H](c2ccccc2)[C@]2(SC(S)NC2=O)[C@@H]1c1ccccc1. The number of thioether (sulfide) groups is 1. The van der Waals surface area contributed by atoms with Gasteiger partial charge in [0.15, 0.2) is 0 Å². The van der Waals surface area contributed by atoms with Crippen molar-refractivity contribution in [3.05, 3.63) is 83.4 Å². The van der Waals surface area contributed by atoms with Crippen molar-refractivity contribution in [1.82, 2.24) is 5.32 Å². The molecule has 1 saturated heterocycles. The number of hydrogen-bond donors (Lipinski definition) is 2. The summed E-state index contributed by atoms with van der Waals surface area (Å²) in [7, 11) is 0. The van der Waals surface area contributed by atoms with Gasteiger partial charge in [-0.3, -0.25) is 9.59 Å². The summed E-state index contributed by atoms with van der Waals surface area (Å²) in [6.07, 6.45) is 3.55. The Morgan fingerprint density at radius 2 is 1.65 bits per heavy atom. The summed E-state index contributed by atoms with van der Waals surface area (Å²) in [5.74, 6) is -0.375. The van der Waals surface area contributed by atoms with Crippen LogP contribution in [0.2, 0.25) is 0 Å². The number of aldehydes is 1. The zero-order valence-corrected chi connectivity index (χ0v) is 15.8. The number of rotatable bonds is 3. The molecule has 2 aliphatic rings. The van der Waals surface area contributed by atoms with Crippen molar-refractivity contribution in [2.75, 3.05) is 0 Å². The van der Waals surface area contributed by atoms with Gasteiger partial charge in [-0.05, 0) is 23.1 Å². The summed E-state index contributed by atoms with van der Waals surface area (Å²) in [6.45, 7) is 0. The minimum atomic E-state index is -0.792. The van der Waals surface area contributed by atoms with Crippen molar-refractivity contribution in [2.45, 2.75) is 27.7 Å². The standard InChI is InChI=1S/C21H19NO2S2/c23-13-16-11-12-17(14-7-3-1-4-8-14)21(19(24)22-20(25)26-21)18(16)15-9-5-2-6-10-15/h1-11,13,17-18,20,25H,12H2,(H,22,24)/t17-,18+,20?,21-/m0/s1. The van der Waals surface area contributed by atoms with Crippen LogP contribution in [-0.2, 0) is 9.59 Å². The van der Waals surface area contributed by atoms with Gasteiger partial charge in [0.2, 0.25) is 5.91 Å². The molecule has 4 rings (SSSR count). The fourth-order valence-electron chi connectivity index (χ4n) is 4.20. The smallest absolute Gasteiger partial charge is 0.239 e. The van der Waals surface area contributed by atoms with Gasteiger partial charge in [0, 0.05) is 11.8 Å². The van der Waals surface area contributed by atoms with E-state index in [0.29, 0.717) is 12.0 Å². The normalized spacial score (nSPS) is 30.7. The van der Waals surface area contributed by atoms with Crippen LogP contribution in [0, 0.1) is 0 Å². The first-order valence-electron chi connectivity index (χ1n) is 8.59. The van der Waals surface area contributed by atoms with Crippen molar-refractivity contribution in [1.29, 1.82) is 0 Å². The van der Waals surface area contributed by atoms with Crippen LogP contribution in [0.5, 0.6) is 0 Å². The first kappa shape index (κ1) is 17.4. The maximum atomic E-state index is 13.3. The molecule has 0 aromatic heterocycles. The molecule has 1 heterocycles. The summed E-state index contributed by atoms with van der Waals surface area (Å²) >= 11 is 6.05. The first-order valence-corrected chi connectivity index (χ1v) is 9.98. The highest BCUT2D eigenvalue weighted by molar-refractivity contribution is 8.12. The van der Waals surface area contributed by atoms with Gasteiger partial charge >= 0.3 is 0 Å². The lowest BCUT2D eigenvalue weighted by Crippen LogP contribution is -2.49. The molecule has 4 atom stereocenters. The van der Waals surface area contributed by atoms with Crippen molar-refractivity contribution < 1.29 is 9.59 Å². The molecular weight excluding hydrogens is 362 g/mol. The third-order valence-electron chi connectivity index (χ3n) is 5.26. The Morgan fingerprint density at radius 3 is 2.19 bits per heavy atom. The van der Waals surface area contributed by atoms with Crippen molar-refractivity contribution in [2.24, 2.45) is 0 Å². The van der Waals surface area contributed by atoms with Gasteiger partial charge in [-0.1, -0.05) is 66.7 Å². The molecule has 2 aromatic carbocycles. The molecule has 1 unspecified atom stereocenters. The van der Waals surface area contributed by atoms with Crippen molar-refractivity contribution >= 4 is 36.6 Å². The summed E-state index contributed by atoms with van der Waals surface area (Å²) in [5.41, 5.74) is 2.77. The Balaban J connectivity index is 1.94. The van der Waals surface area contributed by atoms with E-state index in [9.17, 15) is 9.59 Å². The van der Waals surface area contributed by atoms with Gasteiger partial charge in [-0.2, -0.15) is 0 Å². The van der Waals surface area contributed by atoms with E-state index in [1.807, 2.05) is 54.6 Å². The first-order chi connectivity index (χ1) is 12.7. The second-order valence-corrected chi connectivity index (χ2v) is 8.85. The number of nitrogens with one attached hydrogen (secondary N) is 1. The number of allylic oxidation sites excluding steroid dienone is 2. The van der Waals surface area contributed by atoms with Crippen molar-refractivity contribution in [3.8, 4) is 0 Å². The molecule has 5 heteroatoms. The van der Waals surface area contributed by atoms with Gasteiger partial charge in [-0.15, -0.1) is 24.4 Å². The predicted molar refractivity (Wildman–Crippen MR) is 108 cm³/mol. The van der Waals surface area contributed by atoms with Gasteiger partial charge in [0.05, 0.1) is 0 Å². The molecule has 0 radical (unpaired) electrons. The molecule has 3 nitrogen and oxygen atoms in total. The zero-order chi connectivity index (χ0) is 18.1. The minimum absolute atomic E-state index is 0.0280. The molecule has 1 fully saturated rings. The lowest BCUT2D eigenvalue weighted by Gasteiger charge is -2.44. The minimum Gasteiger partial charge on any atom is -0.334 e. The quantitative estimate of drug-likeness (QED) is 0.626. The number of benzene rings is 2. The topological polar surface area (TPSA) is 46.2 Å². The van der Waals surface area contributed by atoms with Crippen LogP contribution in [0.1, 0.15) is 29.4 Å². The van der Waals surface area contributed by atoms with E-state index < -0.39 is 4.75 Å². The van der Waals surface area contributed by atoms with E-state index in [4.69, 9.17) is 0 Å². The molecule has 1 aliphatic carbocycles. The molecule has 1 N–H and O–H groups in total. The summed E-state index contributed by atoms with van der Waals surface area (Å²) < 4.78 is -1.08. The monoisotopic (exact) mass is 381 g/mol. The third-order valence-corrected chi connectivity index (χ3v) is 7.14. The average Bonchev–Trinajstić information content (AvgIpc) is 2.96. The average molecular weight is 382 g/mol. The van der Waals surface area contributed by atoms with E-state index in [1.54, 1.807) is 0 Å². The van der Waals surface area contributed by atoms with E-state index in [1.165, 1.54) is 11.8 Å². The number of hydrogen-bond acceptors (Lipinski definition) is 4. The lowest BCUT2D eigenvalue weighted by molar-refractivity contribution is -0.123. The Hall–Kier alpha value is -1.98. The Labute approximate surface area is 162 Å². The molecule has 1 aliphatic heterocycles. The molecule has 26 heavy (non-hydrogen) atoms.